The Bertz CT molecular complexity index is 504. The predicted molar refractivity (Wildman–Crippen MR) is 85.8 cm³/mol. The van der Waals surface area contributed by atoms with E-state index in [0.29, 0.717) is 29.2 Å². The zero-order chi connectivity index (χ0) is 15.4. The molecule has 1 saturated carbocycles. The Morgan fingerprint density at radius 3 is 2.71 bits per heavy atom. The van der Waals surface area contributed by atoms with Gasteiger partial charge in [-0.25, -0.2) is 0 Å². The molecular weight excluding hydrogens is 286 g/mol. The molecule has 21 heavy (non-hydrogen) atoms. The molecule has 0 aliphatic heterocycles. The highest BCUT2D eigenvalue weighted by atomic mass is 35.5. The summed E-state index contributed by atoms with van der Waals surface area (Å²) in [5.41, 5.74) is 0.840. The maximum absolute atomic E-state index is 12.2. The minimum absolute atomic E-state index is 0.0498. The first-order chi connectivity index (χ1) is 9.99. The van der Waals surface area contributed by atoms with E-state index < -0.39 is 0 Å². The van der Waals surface area contributed by atoms with Gasteiger partial charge in [-0.3, -0.25) is 4.79 Å². The molecule has 0 radical (unpaired) electrons. The first-order valence-corrected chi connectivity index (χ1v) is 7.99. The van der Waals surface area contributed by atoms with E-state index >= 15 is 0 Å². The van der Waals surface area contributed by atoms with Gasteiger partial charge in [0.15, 0.2) is 0 Å². The maximum Gasteiger partial charge on any atom is 0.224 e. The fraction of sp³-hybridized carbons (Fsp3) is 0.588. The molecule has 0 saturated heterocycles. The van der Waals surface area contributed by atoms with E-state index in [1.807, 2.05) is 12.1 Å². The summed E-state index contributed by atoms with van der Waals surface area (Å²) in [6, 6.07) is 5.74. The number of ether oxygens (including phenoxy) is 1. The number of carbonyl (C=O) groups excluding carboxylic acids is 1. The minimum Gasteiger partial charge on any atom is -0.497 e. The zero-order valence-electron chi connectivity index (χ0n) is 13.0. The number of amides is 1. The third-order valence-corrected chi connectivity index (χ3v) is 4.93. The fourth-order valence-electron chi connectivity index (χ4n) is 2.93. The van der Waals surface area contributed by atoms with Crippen LogP contribution in [0, 0.1) is 11.8 Å². The summed E-state index contributed by atoms with van der Waals surface area (Å²) < 4.78 is 5.11. The van der Waals surface area contributed by atoms with Crippen molar-refractivity contribution in [2.75, 3.05) is 7.11 Å². The van der Waals surface area contributed by atoms with E-state index in [4.69, 9.17) is 16.3 Å². The highest BCUT2D eigenvalue weighted by molar-refractivity contribution is 6.31. The van der Waals surface area contributed by atoms with Gasteiger partial charge in [0.1, 0.15) is 5.75 Å². The van der Waals surface area contributed by atoms with Crippen molar-refractivity contribution >= 4 is 17.5 Å². The van der Waals surface area contributed by atoms with Crippen LogP contribution in [-0.4, -0.2) is 19.1 Å². The van der Waals surface area contributed by atoms with Crippen LogP contribution in [0.3, 0.4) is 0 Å². The summed E-state index contributed by atoms with van der Waals surface area (Å²) in [4.78, 5) is 12.2. The van der Waals surface area contributed by atoms with Crippen molar-refractivity contribution in [2.24, 2.45) is 11.8 Å². The quantitative estimate of drug-likeness (QED) is 0.918. The van der Waals surface area contributed by atoms with Gasteiger partial charge in [-0.05, 0) is 48.8 Å². The second kappa shape index (κ2) is 7.17. The number of methoxy groups -OCH3 is 1. The lowest BCUT2D eigenvalue weighted by atomic mass is 9.79. The van der Waals surface area contributed by atoms with Gasteiger partial charge in [0.2, 0.25) is 5.91 Å². The van der Waals surface area contributed by atoms with Gasteiger partial charge in [-0.15, -0.1) is 0 Å². The summed E-state index contributed by atoms with van der Waals surface area (Å²) in [5.74, 6) is 2.19. The smallest absolute Gasteiger partial charge is 0.224 e. The summed E-state index contributed by atoms with van der Waals surface area (Å²) in [5, 5.41) is 3.72. The predicted octanol–water partition coefficient (Wildman–Crippen LogP) is 3.83. The van der Waals surface area contributed by atoms with Gasteiger partial charge in [-0.1, -0.05) is 31.5 Å². The summed E-state index contributed by atoms with van der Waals surface area (Å²) in [6.07, 6.45) is 3.66. The standard InChI is InChI=1S/C17H24ClNO2/c1-11-4-6-14(8-12(11)2)19-17(20)9-13-5-7-15(21-3)10-16(13)18/h5,7,10-12,14H,4,6,8-9H2,1-3H3,(H,19,20). The molecule has 0 spiro atoms. The average Bonchev–Trinajstić information content (AvgIpc) is 2.45. The van der Waals surface area contributed by atoms with E-state index in [9.17, 15) is 4.79 Å². The fourth-order valence-corrected chi connectivity index (χ4v) is 3.17. The van der Waals surface area contributed by atoms with Gasteiger partial charge in [-0.2, -0.15) is 0 Å². The lowest BCUT2D eigenvalue weighted by Crippen LogP contribution is -2.40. The van der Waals surface area contributed by atoms with Crippen LogP contribution in [0.5, 0.6) is 5.75 Å². The molecule has 1 amide bonds. The number of hydrogen-bond acceptors (Lipinski definition) is 2. The van der Waals surface area contributed by atoms with Crippen LogP contribution in [-0.2, 0) is 11.2 Å². The molecule has 1 aliphatic rings. The Morgan fingerprint density at radius 2 is 2.10 bits per heavy atom. The van der Waals surface area contributed by atoms with Gasteiger partial charge in [0.05, 0.1) is 13.5 Å². The molecule has 3 nitrogen and oxygen atoms in total. The lowest BCUT2D eigenvalue weighted by Gasteiger charge is -2.32. The molecule has 1 fully saturated rings. The number of carbonyl (C=O) groups is 1. The molecule has 1 aromatic carbocycles. The summed E-state index contributed by atoms with van der Waals surface area (Å²) in [6.45, 7) is 4.56. The molecule has 116 valence electrons. The van der Waals surface area contributed by atoms with Crippen LogP contribution in [0.25, 0.3) is 0 Å². The normalized spacial score (nSPS) is 25.4. The molecule has 1 N–H and O–H groups in total. The highest BCUT2D eigenvalue weighted by Crippen LogP contribution is 2.29. The third kappa shape index (κ3) is 4.37. The Kier molecular flexibility index (Phi) is 5.51. The van der Waals surface area contributed by atoms with Crippen molar-refractivity contribution < 1.29 is 9.53 Å². The summed E-state index contributed by atoms with van der Waals surface area (Å²) >= 11 is 6.18. The molecule has 2 rings (SSSR count). The molecule has 0 aromatic heterocycles. The Hall–Kier alpha value is -1.22. The molecule has 3 unspecified atom stereocenters. The van der Waals surface area contributed by atoms with Crippen molar-refractivity contribution in [1.82, 2.24) is 5.32 Å². The molecule has 1 aromatic rings. The largest absolute Gasteiger partial charge is 0.497 e. The molecular formula is C17H24ClNO2. The van der Waals surface area contributed by atoms with Crippen molar-refractivity contribution in [3.8, 4) is 5.75 Å². The SMILES string of the molecule is COc1ccc(CC(=O)NC2CCC(C)C(C)C2)c(Cl)c1. The van der Waals surface area contributed by atoms with Crippen molar-refractivity contribution in [3.63, 3.8) is 0 Å². The molecule has 0 heterocycles. The van der Waals surface area contributed by atoms with Gasteiger partial charge >= 0.3 is 0 Å². The Labute approximate surface area is 132 Å². The number of hydrogen-bond donors (Lipinski definition) is 1. The second-order valence-electron chi connectivity index (χ2n) is 6.17. The van der Waals surface area contributed by atoms with Crippen LogP contribution >= 0.6 is 11.6 Å². The number of nitrogens with one attached hydrogen (secondary N) is 1. The van der Waals surface area contributed by atoms with Crippen LogP contribution in [0.4, 0.5) is 0 Å². The van der Waals surface area contributed by atoms with E-state index in [1.54, 1.807) is 13.2 Å². The number of benzene rings is 1. The maximum atomic E-state index is 12.2. The van der Waals surface area contributed by atoms with Crippen molar-refractivity contribution in [3.05, 3.63) is 28.8 Å². The van der Waals surface area contributed by atoms with Crippen LogP contribution in [0.2, 0.25) is 5.02 Å². The monoisotopic (exact) mass is 309 g/mol. The van der Waals surface area contributed by atoms with Gasteiger partial charge in [0, 0.05) is 11.1 Å². The van der Waals surface area contributed by atoms with Gasteiger partial charge in [0.25, 0.3) is 0 Å². The van der Waals surface area contributed by atoms with Crippen LogP contribution in [0.1, 0.15) is 38.7 Å². The molecule has 4 heteroatoms. The lowest BCUT2D eigenvalue weighted by molar-refractivity contribution is -0.121. The second-order valence-corrected chi connectivity index (χ2v) is 6.57. The highest BCUT2D eigenvalue weighted by Gasteiger charge is 2.25. The number of rotatable bonds is 4. The summed E-state index contributed by atoms with van der Waals surface area (Å²) in [7, 11) is 1.60. The van der Waals surface area contributed by atoms with E-state index in [2.05, 4.69) is 19.2 Å². The molecule has 0 bridgehead atoms. The number of halogens is 1. The third-order valence-electron chi connectivity index (χ3n) is 4.57. The molecule has 1 aliphatic carbocycles. The Morgan fingerprint density at radius 1 is 1.33 bits per heavy atom. The first kappa shape index (κ1) is 16.2. The van der Waals surface area contributed by atoms with Crippen LogP contribution in [0.15, 0.2) is 18.2 Å². The Balaban J connectivity index is 1.90. The van der Waals surface area contributed by atoms with E-state index in [-0.39, 0.29) is 5.91 Å². The van der Waals surface area contributed by atoms with E-state index in [0.717, 1.165) is 24.3 Å². The topological polar surface area (TPSA) is 38.3 Å². The van der Waals surface area contributed by atoms with Crippen LogP contribution < -0.4 is 10.1 Å². The van der Waals surface area contributed by atoms with E-state index in [1.165, 1.54) is 6.42 Å². The molecule has 3 atom stereocenters. The van der Waals surface area contributed by atoms with Gasteiger partial charge < -0.3 is 10.1 Å². The average molecular weight is 310 g/mol. The van der Waals surface area contributed by atoms with Crippen molar-refractivity contribution in [2.45, 2.75) is 45.6 Å². The zero-order valence-corrected chi connectivity index (χ0v) is 13.7. The minimum atomic E-state index is 0.0498. The first-order valence-electron chi connectivity index (χ1n) is 7.61. The van der Waals surface area contributed by atoms with Crippen molar-refractivity contribution in [1.29, 1.82) is 0 Å².